The van der Waals surface area contributed by atoms with E-state index in [2.05, 4.69) is 5.32 Å². The van der Waals surface area contributed by atoms with Crippen molar-refractivity contribution < 1.29 is 18.3 Å². The van der Waals surface area contributed by atoms with Crippen molar-refractivity contribution in [2.24, 2.45) is 0 Å². The van der Waals surface area contributed by atoms with Gasteiger partial charge in [0.15, 0.2) is 0 Å². The van der Waals surface area contributed by atoms with E-state index in [9.17, 15) is 13.6 Å². The summed E-state index contributed by atoms with van der Waals surface area (Å²) in [6.07, 6.45) is 3.47. The Bertz CT molecular complexity index is 597. The number of amides is 1. The van der Waals surface area contributed by atoms with Crippen LogP contribution in [0, 0.1) is 11.6 Å². The van der Waals surface area contributed by atoms with Gasteiger partial charge in [-0.25, -0.2) is 8.78 Å². The van der Waals surface area contributed by atoms with Gasteiger partial charge in [-0.2, -0.15) is 0 Å². The molecule has 1 aromatic carbocycles. The second-order valence-corrected chi connectivity index (χ2v) is 6.62. The fraction of sp³-hybridized carbons (Fsp3) is 0.611. The summed E-state index contributed by atoms with van der Waals surface area (Å²) in [5, 5.41) is 3.24. The third kappa shape index (κ3) is 3.59. The quantitative estimate of drug-likeness (QED) is 0.917. The molecule has 0 radical (unpaired) electrons. The number of rotatable bonds is 4. The van der Waals surface area contributed by atoms with Gasteiger partial charge in [-0.1, -0.05) is 0 Å². The van der Waals surface area contributed by atoms with Crippen molar-refractivity contribution in [3.05, 3.63) is 34.9 Å². The number of nitrogens with zero attached hydrogens (tertiary/aromatic N) is 1. The van der Waals surface area contributed by atoms with Crippen molar-refractivity contribution in [1.29, 1.82) is 0 Å². The Balaban J connectivity index is 1.87. The minimum Gasteiger partial charge on any atom is -0.378 e. The van der Waals surface area contributed by atoms with E-state index in [1.54, 1.807) is 11.9 Å². The molecule has 2 fully saturated rings. The van der Waals surface area contributed by atoms with Crippen LogP contribution in [0.25, 0.3) is 0 Å². The van der Waals surface area contributed by atoms with Gasteiger partial charge in [-0.05, 0) is 50.9 Å². The predicted molar refractivity (Wildman–Crippen MR) is 87.0 cm³/mol. The molecule has 0 spiro atoms. The van der Waals surface area contributed by atoms with Gasteiger partial charge in [-0.15, -0.1) is 0 Å². The van der Waals surface area contributed by atoms with E-state index in [-0.39, 0.29) is 29.7 Å². The van der Waals surface area contributed by atoms with E-state index in [1.807, 2.05) is 0 Å². The largest absolute Gasteiger partial charge is 0.378 e. The van der Waals surface area contributed by atoms with Crippen LogP contribution >= 0.6 is 0 Å². The first-order valence-electron chi connectivity index (χ1n) is 8.64. The van der Waals surface area contributed by atoms with Crippen molar-refractivity contribution in [2.75, 3.05) is 26.7 Å². The molecule has 1 aromatic rings. The number of hydrogen-bond donors (Lipinski definition) is 1. The Kier molecular flexibility index (Phi) is 5.46. The second-order valence-electron chi connectivity index (χ2n) is 6.62. The summed E-state index contributed by atoms with van der Waals surface area (Å²) in [5.41, 5.74) is 0.0132. The third-order valence-corrected chi connectivity index (χ3v) is 5.05. The normalized spacial score (nSPS) is 21.9. The van der Waals surface area contributed by atoms with E-state index >= 15 is 0 Å². The number of nitrogens with one attached hydrogen (secondary N) is 1. The summed E-state index contributed by atoms with van der Waals surface area (Å²) < 4.78 is 34.3. The van der Waals surface area contributed by atoms with E-state index in [0.717, 1.165) is 50.9 Å². The van der Waals surface area contributed by atoms with Crippen LogP contribution in [0.5, 0.6) is 0 Å². The van der Waals surface area contributed by atoms with E-state index in [1.165, 1.54) is 0 Å². The van der Waals surface area contributed by atoms with Gasteiger partial charge >= 0.3 is 0 Å². The Morgan fingerprint density at radius 2 is 1.96 bits per heavy atom. The number of carbonyl (C=O) groups excluding carboxylic acids is 1. The fourth-order valence-electron chi connectivity index (χ4n) is 3.59. The number of carbonyl (C=O) groups is 1. The van der Waals surface area contributed by atoms with E-state index in [0.29, 0.717) is 6.61 Å². The van der Waals surface area contributed by atoms with Crippen molar-refractivity contribution in [1.82, 2.24) is 10.2 Å². The monoisotopic (exact) mass is 338 g/mol. The average molecular weight is 338 g/mol. The average Bonchev–Trinajstić information content (AvgIpc) is 3.11. The SMILES string of the molecule is CN(C(=O)c1c(F)ccc(F)c1CC1CCCO1)C1CCNCC1. The molecule has 0 bridgehead atoms. The first-order chi connectivity index (χ1) is 11.6. The standard InChI is InChI=1S/C18H24F2N2O2/c1-22(12-6-8-21-9-7-12)18(23)17-14(11-13-3-2-10-24-13)15(19)4-5-16(17)20/h4-5,12-13,21H,2-3,6-11H2,1H3. The number of benzene rings is 1. The first-order valence-corrected chi connectivity index (χ1v) is 8.64. The predicted octanol–water partition coefficient (Wildman–Crippen LogP) is 2.51. The number of halogens is 2. The summed E-state index contributed by atoms with van der Waals surface area (Å²) in [6, 6.07) is 2.19. The zero-order valence-electron chi connectivity index (χ0n) is 14.0. The molecule has 0 aliphatic carbocycles. The van der Waals surface area contributed by atoms with Gasteiger partial charge in [-0.3, -0.25) is 4.79 Å². The molecule has 0 aromatic heterocycles. The maximum atomic E-state index is 14.4. The summed E-state index contributed by atoms with van der Waals surface area (Å²) in [6.45, 7) is 2.30. The number of ether oxygens (including phenoxy) is 1. The molecule has 1 N–H and O–H groups in total. The maximum Gasteiger partial charge on any atom is 0.257 e. The minimum atomic E-state index is -0.657. The molecule has 0 saturated carbocycles. The summed E-state index contributed by atoms with van der Waals surface area (Å²) >= 11 is 0. The van der Waals surface area contributed by atoms with Gasteiger partial charge in [0.05, 0.1) is 11.7 Å². The van der Waals surface area contributed by atoms with Gasteiger partial charge < -0.3 is 15.0 Å². The highest BCUT2D eigenvalue weighted by atomic mass is 19.1. The molecule has 3 rings (SSSR count). The van der Waals surface area contributed by atoms with Crippen LogP contribution in [0.15, 0.2) is 12.1 Å². The Hall–Kier alpha value is -1.53. The van der Waals surface area contributed by atoms with Gasteiger partial charge in [0.25, 0.3) is 5.91 Å². The summed E-state index contributed by atoms with van der Waals surface area (Å²) in [4.78, 5) is 14.4. The lowest BCUT2D eigenvalue weighted by atomic mass is 9.96. The highest BCUT2D eigenvalue weighted by Gasteiger charge is 2.29. The molecule has 2 aliphatic rings. The van der Waals surface area contributed by atoms with Crippen LogP contribution in [0.3, 0.4) is 0 Å². The molecule has 132 valence electrons. The Morgan fingerprint density at radius 3 is 2.62 bits per heavy atom. The molecule has 24 heavy (non-hydrogen) atoms. The van der Waals surface area contributed by atoms with Crippen LogP contribution in [0.1, 0.15) is 41.6 Å². The summed E-state index contributed by atoms with van der Waals surface area (Å²) in [5.74, 6) is -1.63. The number of piperidine rings is 1. The molecule has 6 heteroatoms. The minimum absolute atomic E-state index is 0.0528. The van der Waals surface area contributed by atoms with Crippen LogP contribution in [0.4, 0.5) is 8.78 Å². The van der Waals surface area contributed by atoms with Crippen molar-refractivity contribution in [3.63, 3.8) is 0 Å². The second kappa shape index (κ2) is 7.57. The summed E-state index contributed by atoms with van der Waals surface area (Å²) in [7, 11) is 1.68. The highest BCUT2D eigenvalue weighted by molar-refractivity contribution is 5.96. The molecule has 1 amide bonds. The third-order valence-electron chi connectivity index (χ3n) is 5.05. The van der Waals surface area contributed by atoms with Crippen LogP contribution < -0.4 is 5.32 Å². The van der Waals surface area contributed by atoms with Gasteiger partial charge in [0, 0.05) is 31.7 Å². The fourth-order valence-corrected chi connectivity index (χ4v) is 3.59. The molecule has 2 heterocycles. The van der Waals surface area contributed by atoms with Crippen molar-refractivity contribution >= 4 is 5.91 Å². The number of hydrogen-bond acceptors (Lipinski definition) is 3. The van der Waals surface area contributed by atoms with Crippen molar-refractivity contribution in [3.8, 4) is 0 Å². The lowest BCUT2D eigenvalue weighted by molar-refractivity contribution is 0.0694. The zero-order chi connectivity index (χ0) is 17.1. The zero-order valence-corrected chi connectivity index (χ0v) is 14.0. The smallest absolute Gasteiger partial charge is 0.257 e. The Morgan fingerprint density at radius 1 is 1.25 bits per heavy atom. The van der Waals surface area contributed by atoms with Crippen LogP contribution in [-0.2, 0) is 11.2 Å². The van der Waals surface area contributed by atoms with Crippen LogP contribution in [-0.4, -0.2) is 49.7 Å². The Labute approximate surface area is 141 Å². The highest BCUT2D eigenvalue weighted by Crippen LogP contribution is 2.26. The first kappa shape index (κ1) is 17.3. The maximum absolute atomic E-state index is 14.4. The van der Waals surface area contributed by atoms with Crippen LogP contribution in [0.2, 0.25) is 0 Å². The molecule has 1 unspecified atom stereocenters. The topological polar surface area (TPSA) is 41.6 Å². The molecular weight excluding hydrogens is 314 g/mol. The lowest BCUT2D eigenvalue weighted by Gasteiger charge is -2.32. The lowest BCUT2D eigenvalue weighted by Crippen LogP contribution is -2.44. The van der Waals surface area contributed by atoms with Gasteiger partial charge in [0.1, 0.15) is 11.6 Å². The van der Waals surface area contributed by atoms with E-state index in [4.69, 9.17) is 4.74 Å². The van der Waals surface area contributed by atoms with Gasteiger partial charge in [0.2, 0.25) is 0 Å². The van der Waals surface area contributed by atoms with Crippen molar-refractivity contribution in [2.45, 2.75) is 44.2 Å². The molecule has 2 saturated heterocycles. The van der Waals surface area contributed by atoms with E-state index < -0.39 is 17.5 Å². The molecule has 2 aliphatic heterocycles. The molecule has 1 atom stereocenters. The molecular formula is C18H24F2N2O2. The molecule has 4 nitrogen and oxygen atoms in total.